The lowest BCUT2D eigenvalue weighted by Crippen LogP contribution is -2.49. The normalized spacial score (nSPS) is 24.4. The molecular formula is C20H25ClN2O4. The number of carbonyl (C=O) groups is 2. The van der Waals surface area contributed by atoms with Gasteiger partial charge in [-0.1, -0.05) is 35.9 Å². The van der Waals surface area contributed by atoms with Crippen molar-refractivity contribution in [2.75, 3.05) is 6.61 Å². The molecule has 1 heterocycles. The van der Waals surface area contributed by atoms with Gasteiger partial charge >= 0.3 is 0 Å². The average molecular weight is 393 g/mol. The Morgan fingerprint density at radius 3 is 2.52 bits per heavy atom. The first kappa shape index (κ1) is 19.9. The minimum atomic E-state index is -0.549. The molecule has 0 saturated heterocycles. The van der Waals surface area contributed by atoms with Crippen LogP contribution in [-0.2, 0) is 20.9 Å². The molecule has 146 valence electrons. The Balaban J connectivity index is 1.45. The van der Waals surface area contributed by atoms with Crippen LogP contribution in [0.4, 0.5) is 0 Å². The molecule has 3 atom stereocenters. The lowest BCUT2D eigenvalue weighted by Gasteiger charge is -2.31. The van der Waals surface area contributed by atoms with Crippen LogP contribution in [0.15, 0.2) is 36.4 Å². The average Bonchev–Trinajstić information content (AvgIpc) is 3.46. The molecule has 0 radical (unpaired) electrons. The van der Waals surface area contributed by atoms with Crippen LogP contribution in [0, 0.1) is 5.92 Å². The highest BCUT2D eigenvalue weighted by Crippen LogP contribution is 2.32. The molecule has 1 aliphatic carbocycles. The van der Waals surface area contributed by atoms with Gasteiger partial charge in [0.25, 0.3) is 0 Å². The summed E-state index contributed by atoms with van der Waals surface area (Å²) in [5.41, 5.74) is 0.958. The number of aliphatic hydroxyl groups is 1. The van der Waals surface area contributed by atoms with Gasteiger partial charge in [-0.15, -0.1) is 0 Å². The molecule has 3 rings (SSSR count). The Labute approximate surface area is 163 Å². The number of ether oxygens (including phenoxy) is 1. The molecule has 1 saturated carbocycles. The first-order chi connectivity index (χ1) is 13.0. The number of amides is 2. The fraction of sp³-hybridized carbons (Fsp3) is 0.500. The Morgan fingerprint density at radius 1 is 1.11 bits per heavy atom. The standard InChI is InChI=1S/C20H25ClN2O4/c21-15-5-3-14(4-6-15)11-22-19(25)10-16-7-8-17(18(12-24)27-16)23-20(26)9-13-1-2-13/h3-8,13,16-18,24H,1-2,9-12H2,(H,22,25)(H,23,26)/t16-,17-,18-/m0/s1. The van der Waals surface area contributed by atoms with Gasteiger partial charge in [0.05, 0.1) is 25.2 Å². The topological polar surface area (TPSA) is 87.7 Å². The number of halogens is 1. The predicted octanol–water partition coefficient (Wildman–Crippen LogP) is 1.95. The van der Waals surface area contributed by atoms with E-state index in [0.29, 0.717) is 23.9 Å². The van der Waals surface area contributed by atoms with Crippen molar-refractivity contribution in [3.63, 3.8) is 0 Å². The van der Waals surface area contributed by atoms with Gasteiger partial charge < -0.3 is 20.5 Å². The lowest BCUT2D eigenvalue weighted by molar-refractivity contribution is -0.128. The minimum absolute atomic E-state index is 0.0200. The third kappa shape index (κ3) is 6.34. The Kier molecular flexibility index (Phi) is 6.88. The van der Waals surface area contributed by atoms with Gasteiger partial charge in [0.15, 0.2) is 0 Å². The number of nitrogens with one attached hydrogen (secondary N) is 2. The zero-order valence-electron chi connectivity index (χ0n) is 15.1. The van der Waals surface area contributed by atoms with E-state index < -0.39 is 12.2 Å². The van der Waals surface area contributed by atoms with Gasteiger partial charge in [-0.3, -0.25) is 9.59 Å². The molecule has 6 nitrogen and oxygen atoms in total. The molecule has 0 spiro atoms. The maximum atomic E-state index is 12.2. The zero-order valence-corrected chi connectivity index (χ0v) is 15.8. The number of rotatable bonds is 8. The van der Waals surface area contributed by atoms with Crippen LogP contribution in [0.1, 0.15) is 31.2 Å². The van der Waals surface area contributed by atoms with Crippen molar-refractivity contribution in [3.05, 3.63) is 47.0 Å². The zero-order chi connectivity index (χ0) is 19.2. The summed E-state index contributed by atoms with van der Waals surface area (Å²) in [6.45, 7) is 0.192. The van der Waals surface area contributed by atoms with Crippen LogP contribution in [-0.4, -0.2) is 41.8 Å². The Hall–Kier alpha value is -1.89. The van der Waals surface area contributed by atoms with Crippen molar-refractivity contribution in [3.8, 4) is 0 Å². The van der Waals surface area contributed by atoms with Crippen molar-refractivity contribution in [2.45, 2.75) is 50.5 Å². The molecular weight excluding hydrogens is 368 g/mol. The fourth-order valence-electron chi connectivity index (χ4n) is 3.02. The van der Waals surface area contributed by atoms with Crippen LogP contribution >= 0.6 is 11.6 Å². The van der Waals surface area contributed by atoms with E-state index in [1.165, 1.54) is 0 Å². The molecule has 27 heavy (non-hydrogen) atoms. The smallest absolute Gasteiger partial charge is 0.223 e. The van der Waals surface area contributed by atoms with Gasteiger partial charge in [0.1, 0.15) is 6.10 Å². The van der Waals surface area contributed by atoms with Gasteiger partial charge in [-0.2, -0.15) is 0 Å². The molecule has 0 aromatic heterocycles. The molecule has 1 aliphatic heterocycles. The summed E-state index contributed by atoms with van der Waals surface area (Å²) in [5.74, 6) is 0.337. The van der Waals surface area contributed by atoms with Crippen LogP contribution in [0.3, 0.4) is 0 Å². The molecule has 2 amide bonds. The van der Waals surface area contributed by atoms with Gasteiger partial charge in [-0.05, 0) is 36.5 Å². The number of hydrogen-bond acceptors (Lipinski definition) is 4. The summed E-state index contributed by atoms with van der Waals surface area (Å²) in [7, 11) is 0. The van der Waals surface area contributed by atoms with E-state index in [-0.39, 0.29) is 30.9 Å². The highest BCUT2D eigenvalue weighted by molar-refractivity contribution is 6.30. The Bertz CT molecular complexity index is 688. The van der Waals surface area contributed by atoms with Crippen LogP contribution in [0.2, 0.25) is 5.02 Å². The largest absolute Gasteiger partial charge is 0.394 e. The molecule has 0 unspecified atom stereocenters. The lowest BCUT2D eigenvalue weighted by atomic mass is 10.0. The van der Waals surface area contributed by atoms with Crippen LogP contribution in [0.25, 0.3) is 0 Å². The number of aliphatic hydroxyl groups excluding tert-OH is 1. The second kappa shape index (κ2) is 9.35. The van der Waals surface area contributed by atoms with Crippen molar-refractivity contribution < 1.29 is 19.4 Å². The first-order valence-corrected chi connectivity index (χ1v) is 9.66. The van der Waals surface area contributed by atoms with E-state index in [9.17, 15) is 14.7 Å². The van der Waals surface area contributed by atoms with Gasteiger partial charge in [0, 0.05) is 18.0 Å². The highest BCUT2D eigenvalue weighted by Gasteiger charge is 2.31. The highest BCUT2D eigenvalue weighted by atomic mass is 35.5. The summed E-state index contributed by atoms with van der Waals surface area (Å²) >= 11 is 5.84. The van der Waals surface area contributed by atoms with Gasteiger partial charge in [-0.25, -0.2) is 0 Å². The second-order valence-corrected chi connectivity index (χ2v) is 7.57. The number of carbonyl (C=O) groups excluding carboxylic acids is 2. The maximum Gasteiger partial charge on any atom is 0.223 e. The van der Waals surface area contributed by atoms with E-state index in [2.05, 4.69) is 10.6 Å². The predicted molar refractivity (Wildman–Crippen MR) is 102 cm³/mol. The molecule has 7 heteroatoms. The van der Waals surface area contributed by atoms with Crippen LogP contribution in [0.5, 0.6) is 0 Å². The SMILES string of the molecule is O=C(C[C@@H]1C=C[C@H](NC(=O)CC2CC2)[C@H](CO)O1)NCc1ccc(Cl)cc1. The third-order valence-electron chi connectivity index (χ3n) is 4.75. The summed E-state index contributed by atoms with van der Waals surface area (Å²) in [4.78, 5) is 24.1. The molecule has 0 bridgehead atoms. The molecule has 1 aromatic rings. The quantitative estimate of drug-likeness (QED) is 0.590. The summed E-state index contributed by atoms with van der Waals surface area (Å²) in [6.07, 6.45) is 5.52. The van der Waals surface area contributed by atoms with Crippen molar-refractivity contribution in [2.24, 2.45) is 5.92 Å². The number of hydrogen-bond donors (Lipinski definition) is 3. The van der Waals surface area contributed by atoms with Gasteiger partial charge in [0.2, 0.25) is 11.8 Å². The molecule has 2 aliphatic rings. The van der Waals surface area contributed by atoms with E-state index in [1.807, 2.05) is 18.2 Å². The summed E-state index contributed by atoms with van der Waals surface area (Å²) in [6, 6.07) is 6.90. The van der Waals surface area contributed by atoms with E-state index >= 15 is 0 Å². The van der Waals surface area contributed by atoms with Crippen LogP contribution < -0.4 is 10.6 Å². The monoisotopic (exact) mass is 392 g/mol. The second-order valence-electron chi connectivity index (χ2n) is 7.13. The van der Waals surface area contributed by atoms with Crippen molar-refractivity contribution >= 4 is 23.4 Å². The third-order valence-corrected chi connectivity index (χ3v) is 5.00. The summed E-state index contributed by atoms with van der Waals surface area (Å²) in [5, 5.41) is 16.0. The first-order valence-electron chi connectivity index (χ1n) is 9.28. The van der Waals surface area contributed by atoms with Crippen molar-refractivity contribution in [1.82, 2.24) is 10.6 Å². The summed E-state index contributed by atoms with van der Waals surface area (Å²) < 4.78 is 5.78. The fourth-order valence-corrected chi connectivity index (χ4v) is 3.15. The van der Waals surface area contributed by atoms with Crippen molar-refractivity contribution in [1.29, 1.82) is 0 Å². The molecule has 3 N–H and O–H groups in total. The molecule has 1 aromatic carbocycles. The number of benzene rings is 1. The Morgan fingerprint density at radius 2 is 1.85 bits per heavy atom. The maximum absolute atomic E-state index is 12.2. The minimum Gasteiger partial charge on any atom is -0.394 e. The van der Waals surface area contributed by atoms with E-state index in [4.69, 9.17) is 16.3 Å². The van der Waals surface area contributed by atoms with E-state index in [1.54, 1.807) is 18.2 Å². The molecule has 1 fully saturated rings. The van der Waals surface area contributed by atoms with E-state index in [0.717, 1.165) is 18.4 Å².